The Balaban J connectivity index is 2.51. The molecule has 2 aromatic rings. The van der Waals surface area contributed by atoms with Crippen molar-refractivity contribution in [2.75, 3.05) is 18.5 Å². The molecule has 0 saturated heterocycles. The topological polar surface area (TPSA) is 77.8 Å². The number of anilines is 1. The highest BCUT2D eigenvalue weighted by atomic mass is 16.5. The normalized spacial score (nSPS) is 10.7. The van der Waals surface area contributed by atoms with E-state index in [0.29, 0.717) is 24.5 Å². The predicted molar refractivity (Wildman–Crippen MR) is 76.5 cm³/mol. The molecule has 2 heterocycles. The molecule has 0 bridgehead atoms. The third-order valence-electron chi connectivity index (χ3n) is 3.05. The van der Waals surface area contributed by atoms with Crippen molar-refractivity contribution in [1.29, 1.82) is 0 Å². The van der Waals surface area contributed by atoms with Gasteiger partial charge in [0.25, 0.3) is 5.95 Å². The van der Waals surface area contributed by atoms with E-state index in [1.54, 1.807) is 4.68 Å². The summed E-state index contributed by atoms with van der Waals surface area (Å²) in [4.78, 5) is 12.9. The summed E-state index contributed by atoms with van der Waals surface area (Å²) < 4.78 is 7.11. The molecule has 2 aromatic heterocycles. The largest absolute Gasteiger partial charge is 0.464 e. The lowest BCUT2D eigenvalue weighted by Crippen LogP contribution is -2.12. The molecule has 108 valence electrons. The van der Waals surface area contributed by atoms with Crippen LogP contribution in [0.3, 0.4) is 0 Å². The van der Waals surface area contributed by atoms with Crippen molar-refractivity contribution in [2.45, 2.75) is 34.6 Å². The summed E-state index contributed by atoms with van der Waals surface area (Å²) in [6, 6.07) is 0.304. The number of ether oxygens (including phenoxy) is 1. The molecule has 0 atom stereocenters. The molecule has 0 unspecified atom stereocenters. The minimum atomic E-state index is 0.304. The van der Waals surface area contributed by atoms with Gasteiger partial charge in [-0.2, -0.15) is 20.1 Å². The number of aryl methyl sites for hydroxylation is 1. The second-order valence-corrected chi connectivity index (χ2v) is 4.41. The molecule has 1 N–H and O–H groups in total. The Morgan fingerprint density at radius 1 is 1.10 bits per heavy atom. The van der Waals surface area contributed by atoms with Gasteiger partial charge in [0.15, 0.2) is 0 Å². The lowest BCUT2D eigenvalue weighted by atomic mass is 10.2. The van der Waals surface area contributed by atoms with Crippen LogP contribution in [0.5, 0.6) is 6.01 Å². The van der Waals surface area contributed by atoms with E-state index in [4.69, 9.17) is 4.74 Å². The molecule has 20 heavy (non-hydrogen) atoms. The maximum Gasteiger partial charge on any atom is 0.323 e. The van der Waals surface area contributed by atoms with Gasteiger partial charge in [0.1, 0.15) is 0 Å². The third kappa shape index (κ3) is 2.71. The van der Waals surface area contributed by atoms with Gasteiger partial charge in [0.2, 0.25) is 5.95 Å². The van der Waals surface area contributed by atoms with Crippen LogP contribution in [0.2, 0.25) is 0 Å². The van der Waals surface area contributed by atoms with Crippen LogP contribution in [0, 0.1) is 20.8 Å². The van der Waals surface area contributed by atoms with Gasteiger partial charge in [-0.1, -0.05) is 0 Å². The van der Waals surface area contributed by atoms with E-state index < -0.39 is 0 Å². The Kier molecular flexibility index (Phi) is 4.16. The average molecular weight is 276 g/mol. The van der Waals surface area contributed by atoms with E-state index in [2.05, 4.69) is 25.4 Å². The predicted octanol–water partition coefficient (Wildman–Crippen LogP) is 1.81. The molecule has 0 aliphatic rings. The van der Waals surface area contributed by atoms with Crippen molar-refractivity contribution in [2.24, 2.45) is 0 Å². The number of aromatic nitrogens is 5. The SMILES string of the molecule is CCNc1nc(OCC)nc(-n2nc(C)c(C)c2C)n1. The van der Waals surface area contributed by atoms with Gasteiger partial charge < -0.3 is 10.1 Å². The van der Waals surface area contributed by atoms with Crippen LogP contribution in [-0.2, 0) is 0 Å². The lowest BCUT2D eigenvalue weighted by molar-refractivity contribution is 0.311. The molecule has 7 heteroatoms. The van der Waals surface area contributed by atoms with Gasteiger partial charge in [0.05, 0.1) is 12.3 Å². The Morgan fingerprint density at radius 2 is 1.85 bits per heavy atom. The Morgan fingerprint density at radius 3 is 2.40 bits per heavy atom. The first kappa shape index (κ1) is 14.2. The monoisotopic (exact) mass is 276 g/mol. The van der Waals surface area contributed by atoms with E-state index in [1.165, 1.54) is 0 Å². The second-order valence-electron chi connectivity index (χ2n) is 4.41. The number of hydrogen-bond acceptors (Lipinski definition) is 6. The molecular weight excluding hydrogens is 256 g/mol. The molecule has 0 fully saturated rings. The molecule has 7 nitrogen and oxygen atoms in total. The van der Waals surface area contributed by atoms with E-state index in [9.17, 15) is 0 Å². The van der Waals surface area contributed by atoms with Crippen LogP contribution in [0.1, 0.15) is 30.8 Å². The highest BCUT2D eigenvalue weighted by Crippen LogP contribution is 2.16. The molecule has 0 aliphatic carbocycles. The molecule has 2 rings (SSSR count). The van der Waals surface area contributed by atoms with Crippen molar-refractivity contribution >= 4 is 5.95 Å². The van der Waals surface area contributed by atoms with Crippen LogP contribution < -0.4 is 10.1 Å². The first-order valence-electron chi connectivity index (χ1n) is 6.72. The molecule has 0 aliphatic heterocycles. The first-order chi connectivity index (χ1) is 9.56. The van der Waals surface area contributed by atoms with Crippen LogP contribution >= 0.6 is 0 Å². The van der Waals surface area contributed by atoms with Crippen LogP contribution in [0.4, 0.5) is 5.95 Å². The number of nitrogens with zero attached hydrogens (tertiary/aromatic N) is 5. The molecular formula is C13H20N6O. The highest BCUT2D eigenvalue weighted by Gasteiger charge is 2.14. The van der Waals surface area contributed by atoms with Gasteiger partial charge in [-0.25, -0.2) is 4.68 Å². The minimum absolute atomic E-state index is 0.304. The maximum atomic E-state index is 5.39. The van der Waals surface area contributed by atoms with Crippen molar-refractivity contribution in [1.82, 2.24) is 24.7 Å². The van der Waals surface area contributed by atoms with E-state index in [-0.39, 0.29) is 0 Å². The number of rotatable bonds is 5. The molecule has 0 amide bonds. The summed E-state index contributed by atoms with van der Waals surface area (Å²) in [5.41, 5.74) is 3.11. The van der Waals surface area contributed by atoms with E-state index >= 15 is 0 Å². The van der Waals surface area contributed by atoms with Crippen molar-refractivity contribution in [3.8, 4) is 12.0 Å². The van der Waals surface area contributed by atoms with Crippen LogP contribution in [-0.4, -0.2) is 37.9 Å². The summed E-state index contributed by atoms with van der Waals surface area (Å²) in [6.45, 7) is 11.1. The van der Waals surface area contributed by atoms with E-state index in [0.717, 1.165) is 23.5 Å². The van der Waals surface area contributed by atoms with Gasteiger partial charge in [0, 0.05) is 12.2 Å². The zero-order chi connectivity index (χ0) is 14.7. The average Bonchev–Trinajstić information content (AvgIpc) is 2.67. The fraction of sp³-hybridized carbons (Fsp3) is 0.538. The zero-order valence-electron chi connectivity index (χ0n) is 12.6. The quantitative estimate of drug-likeness (QED) is 0.897. The summed E-state index contributed by atoms with van der Waals surface area (Å²) in [6.07, 6.45) is 0. The zero-order valence-corrected chi connectivity index (χ0v) is 12.6. The first-order valence-corrected chi connectivity index (χ1v) is 6.72. The lowest BCUT2D eigenvalue weighted by Gasteiger charge is -2.08. The number of hydrogen-bond donors (Lipinski definition) is 1. The van der Waals surface area contributed by atoms with Crippen molar-refractivity contribution in [3.63, 3.8) is 0 Å². The highest BCUT2D eigenvalue weighted by molar-refractivity contribution is 5.33. The van der Waals surface area contributed by atoms with Crippen molar-refractivity contribution < 1.29 is 4.74 Å². The van der Waals surface area contributed by atoms with Crippen molar-refractivity contribution in [3.05, 3.63) is 17.0 Å². The summed E-state index contributed by atoms with van der Waals surface area (Å²) in [5.74, 6) is 0.958. The summed E-state index contributed by atoms with van der Waals surface area (Å²) in [7, 11) is 0. The van der Waals surface area contributed by atoms with Crippen LogP contribution in [0.25, 0.3) is 5.95 Å². The minimum Gasteiger partial charge on any atom is -0.464 e. The smallest absolute Gasteiger partial charge is 0.323 e. The Bertz CT molecular complexity index is 583. The molecule has 0 aromatic carbocycles. The second kappa shape index (κ2) is 5.85. The fourth-order valence-corrected chi connectivity index (χ4v) is 1.79. The van der Waals surface area contributed by atoms with Gasteiger partial charge >= 0.3 is 6.01 Å². The summed E-state index contributed by atoms with van der Waals surface area (Å²) in [5, 5.41) is 7.54. The molecule has 0 saturated carbocycles. The van der Waals surface area contributed by atoms with Crippen LogP contribution in [0.15, 0.2) is 0 Å². The maximum absolute atomic E-state index is 5.39. The summed E-state index contributed by atoms with van der Waals surface area (Å²) >= 11 is 0. The molecule has 0 spiro atoms. The van der Waals surface area contributed by atoms with Gasteiger partial charge in [-0.3, -0.25) is 0 Å². The Labute approximate surface area is 118 Å². The molecule has 0 radical (unpaired) electrons. The van der Waals surface area contributed by atoms with E-state index in [1.807, 2.05) is 34.6 Å². The van der Waals surface area contributed by atoms with Gasteiger partial charge in [-0.05, 0) is 40.2 Å². The third-order valence-corrected chi connectivity index (χ3v) is 3.05. The van der Waals surface area contributed by atoms with Gasteiger partial charge in [-0.15, -0.1) is 0 Å². The fourth-order valence-electron chi connectivity index (χ4n) is 1.79. The Hall–Kier alpha value is -2.18. The number of nitrogens with one attached hydrogen (secondary N) is 1. The standard InChI is InChI=1S/C13H20N6O/c1-6-14-11-15-12(17-13(16-11)20-7-2)19-10(5)8(3)9(4)18-19/h6-7H2,1-5H3,(H,14,15,16,17).